The number of unbranched alkanes of at least 4 members (excludes halogenated alkanes) is 1. The Morgan fingerprint density at radius 2 is 1.51 bits per heavy atom. The van der Waals surface area contributed by atoms with Gasteiger partial charge in [0.2, 0.25) is 0 Å². The predicted molar refractivity (Wildman–Crippen MR) is 154 cm³/mol. The van der Waals surface area contributed by atoms with Crippen molar-refractivity contribution in [3.8, 4) is 0 Å². The number of aliphatic hydroxyl groups excluding tert-OH is 2. The maximum Gasteiger partial charge on any atom is 0.269 e. The standard InChI is InChI=1S/C23H24Br4N4O8/c1-37-17-11(25)7-23(19(34)15(17)27)9-13(31-39-23)21(36)29-5-3-2-4-28-20(35)12-8-22(38-30-12)6-10(24)16(32)14(26)18(22)33/h6-7,14,18-19,33-34H,2-5,8-9H2,1H3,(H,28,35)(H,29,36)/t14-,18+,19-,22-,23+/m0/s1. The van der Waals surface area contributed by atoms with E-state index in [-0.39, 0.29) is 34.5 Å². The van der Waals surface area contributed by atoms with Crippen LogP contribution in [0.15, 0.2) is 41.7 Å². The number of methoxy groups -OCH3 is 1. The molecule has 2 heterocycles. The number of ether oxygens (including phenoxy) is 1. The number of carbonyl (C=O) groups is 3. The maximum atomic E-state index is 12.6. The van der Waals surface area contributed by atoms with E-state index in [9.17, 15) is 24.6 Å². The minimum Gasteiger partial charge on any atom is -0.495 e. The van der Waals surface area contributed by atoms with Crippen molar-refractivity contribution >= 4 is 92.7 Å². The van der Waals surface area contributed by atoms with E-state index in [1.807, 2.05) is 0 Å². The summed E-state index contributed by atoms with van der Waals surface area (Å²) in [4.78, 5) is 47.1. The number of amides is 2. The second-order valence-electron chi connectivity index (χ2n) is 9.22. The van der Waals surface area contributed by atoms with Gasteiger partial charge in [0, 0.05) is 25.9 Å². The molecule has 2 aliphatic carbocycles. The molecule has 16 heteroatoms. The molecule has 2 aliphatic heterocycles. The van der Waals surface area contributed by atoms with Crippen molar-refractivity contribution < 1.29 is 39.0 Å². The van der Waals surface area contributed by atoms with Gasteiger partial charge in [0.05, 0.1) is 20.6 Å². The number of halogens is 4. The van der Waals surface area contributed by atoms with Gasteiger partial charge in [0.25, 0.3) is 11.8 Å². The van der Waals surface area contributed by atoms with E-state index >= 15 is 0 Å². The Labute approximate surface area is 256 Å². The van der Waals surface area contributed by atoms with Crippen molar-refractivity contribution in [2.75, 3.05) is 20.2 Å². The molecule has 4 N–H and O–H groups in total. The fourth-order valence-corrected chi connectivity index (χ4v) is 7.82. The fourth-order valence-electron chi connectivity index (χ4n) is 4.39. The second-order valence-corrected chi connectivity index (χ2v) is 12.8. The Hall–Kier alpha value is -1.59. The highest BCUT2D eigenvalue weighted by molar-refractivity contribution is 9.12. The van der Waals surface area contributed by atoms with Crippen LogP contribution in [0, 0.1) is 0 Å². The number of Topliss-reactive ketones (excluding diaryl/α,β-unsaturated/α-hetero) is 1. The van der Waals surface area contributed by atoms with Crippen LogP contribution in [-0.4, -0.2) is 87.7 Å². The molecule has 0 aromatic carbocycles. The zero-order valence-corrected chi connectivity index (χ0v) is 26.7. The Kier molecular flexibility index (Phi) is 9.43. The number of carbonyl (C=O) groups excluding carboxylic acids is 3. The first-order chi connectivity index (χ1) is 18.4. The average molecular weight is 804 g/mol. The van der Waals surface area contributed by atoms with Crippen molar-refractivity contribution in [1.82, 2.24) is 10.6 Å². The molecule has 0 aromatic rings. The summed E-state index contributed by atoms with van der Waals surface area (Å²) < 4.78 is 6.44. The molecule has 0 fully saturated rings. The van der Waals surface area contributed by atoms with Gasteiger partial charge in [-0.05, 0) is 72.8 Å². The van der Waals surface area contributed by atoms with Crippen molar-refractivity contribution in [2.24, 2.45) is 10.3 Å². The highest BCUT2D eigenvalue weighted by Crippen LogP contribution is 2.44. The van der Waals surface area contributed by atoms with Gasteiger partial charge in [0.1, 0.15) is 34.2 Å². The largest absolute Gasteiger partial charge is 0.495 e. The lowest BCUT2D eigenvalue weighted by molar-refractivity contribution is -0.124. The number of alkyl halides is 1. The van der Waals surface area contributed by atoms with E-state index in [0.29, 0.717) is 40.7 Å². The van der Waals surface area contributed by atoms with Gasteiger partial charge >= 0.3 is 0 Å². The lowest BCUT2D eigenvalue weighted by Gasteiger charge is -2.34. The van der Waals surface area contributed by atoms with Gasteiger partial charge in [-0.1, -0.05) is 26.2 Å². The van der Waals surface area contributed by atoms with E-state index in [2.05, 4.69) is 84.7 Å². The van der Waals surface area contributed by atoms with Crippen LogP contribution in [0.3, 0.4) is 0 Å². The molecule has 0 unspecified atom stereocenters. The third kappa shape index (κ3) is 5.91. The highest BCUT2D eigenvalue weighted by Gasteiger charge is 2.53. The van der Waals surface area contributed by atoms with Crippen LogP contribution in [0.5, 0.6) is 0 Å². The lowest BCUT2D eigenvalue weighted by atomic mass is 9.83. The van der Waals surface area contributed by atoms with Gasteiger partial charge in [-0.25, -0.2) is 0 Å². The quantitative estimate of drug-likeness (QED) is 0.214. The molecule has 4 aliphatic rings. The summed E-state index contributed by atoms with van der Waals surface area (Å²) in [5.74, 6) is -0.757. The fraction of sp³-hybridized carbons (Fsp3) is 0.522. The third-order valence-electron chi connectivity index (χ3n) is 6.58. The van der Waals surface area contributed by atoms with E-state index in [4.69, 9.17) is 14.4 Å². The minimum absolute atomic E-state index is 0.00577. The summed E-state index contributed by atoms with van der Waals surface area (Å²) in [7, 11) is 1.47. The average Bonchev–Trinajstić information content (AvgIpc) is 3.53. The third-order valence-corrected chi connectivity index (χ3v) is 9.50. The first-order valence-corrected chi connectivity index (χ1v) is 15.1. The van der Waals surface area contributed by atoms with Gasteiger partial charge in [-0.15, -0.1) is 0 Å². The Balaban J connectivity index is 1.17. The highest BCUT2D eigenvalue weighted by atomic mass is 79.9. The molecule has 0 saturated heterocycles. The topological polar surface area (TPSA) is 168 Å². The number of allylic oxidation sites excluding steroid dienone is 2. The summed E-state index contributed by atoms with van der Waals surface area (Å²) in [6.45, 7) is 0.655. The summed E-state index contributed by atoms with van der Waals surface area (Å²) in [6.07, 6.45) is 1.93. The molecule has 4 rings (SSSR count). The Morgan fingerprint density at radius 1 is 1.00 bits per heavy atom. The number of aliphatic hydroxyl groups is 2. The maximum absolute atomic E-state index is 12.6. The molecule has 0 radical (unpaired) electrons. The number of hydrogen-bond donors (Lipinski definition) is 4. The van der Waals surface area contributed by atoms with Crippen LogP contribution in [0.2, 0.25) is 0 Å². The van der Waals surface area contributed by atoms with E-state index in [0.717, 1.165) is 0 Å². The number of nitrogens with zero attached hydrogens (tertiary/aromatic N) is 2. The minimum atomic E-state index is -1.30. The Bertz CT molecular complexity index is 1230. The monoisotopic (exact) mass is 800 g/mol. The van der Waals surface area contributed by atoms with Gasteiger partial charge in [-0.2, -0.15) is 0 Å². The van der Waals surface area contributed by atoms with E-state index < -0.39 is 40.1 Å². The van der Waals surface area contributed by atoms with E-state index in [1.54, 1.807) is 6.08 Å². The number of rotatable bonds is 8. The molecule has 212 valence electrons. The van der Waals surface area contributed by atoms with Crippen LogP contribution in [0.25, 0.3) is 0 Å². The molecule has 0 saturated carbocycles. The summed E-state index contributed by atoms with van der Waals surface area (Å²) in [5.41, 5.74) is -2.29. The molecule has 12 nitrogen and oxygen atoms in total. The molecule has 39 heavy (non-hydrogen) atoms. The smallest absolute Gasteiger partial charge is 0.269 e. The van der Waals surface area contributed by atoms with Crippen molar-refractivity contribution in [1.29, 1.82) is 0 Å². The summed E-state index contributed by atoms with van der Waals surface area (Å²) in [6, 6.07) is 0. The molecular weight excluding hydrogens is 780 g/mol. The predicted octanol–water partition coefficient (Wildman–Crippen LogP) is 1.92. The zero-order chi connectivity index (χ0) is 28.5. The molecule has 0 aromatic heterocycles. The first-order valence-electron chi connectivity index (χ1n) is 11.8. The molecule has 2 spiro atoms. The molecular formula is C23H24Br4N4O8. The summed E-state index contributed by atoms with van der Waals surface area (Å²) >= 11 is 13.0. The SMILES string of the molecule is COC1=C(Br)[C@H](O)[C@@]2(C=C1Br)CC(C(=O)NCCCCNC(=O)C1=NO[C@@]3(C=C(Br)C(=O)[C@H](Br)[C@H]3O)C1)=NO2. The van der Waals surface area contributed by atoms with Crippen LogP contribution in [-0.2, 0) is 28.8 Å². The van der Waals surface area contributed by atoms with E-state index in [1.165, 1.54) is 13.2 Å². The van der Waals surface area contributed by atoms with Gasteiger partial charge in [0.15, 0.2) is 17.0 Å². The number of nitrogens with one attached hydrogen (secondary N) is 2. The molecule has 5 atom stereocenters. The normalized spacial score (nSPS) is 31.8. The zero-order valence-electron chi connectivity index (χ0n) is 20.4. The van der Waals surface area contributed by atoms with Crippen LogP contribution in [0.1, 0.15) is 25.7 Å². The van der Waals surface area contributed by atoms with Crippen LogP contribution >= 0.6 is 63.7 Å². The number of oxime groups is 2. The number of hydrogen-bond acceptors (Lipinski definition) is 10. The molecule has 2 amide bonds. The van der Waals surface area contributed by atoms with Crippen molar-refractivity contribution in [2.45, 2.75) is 53.9 Å². The van der Waals surface area contributed by atoms with Crippen LogP contribution in [0.4, 0.5) is 0 Å². The second kappa shape index (κ2) is 12.1. The Morgan fingerprint density at radius 3 is 2.08 bits per heavy atom. The van der Waals surface area contributed by atoms with Crippen molar-refractivity contribution in [3.63, 3.8) is 0 Å². The van der Waals surface area contributed by atoms with Gasteiger partial charge in [-0.3, -0.25) is 14.4 Å². The summed E-state index contributed by atoms with van der Waals surface area (Å²) in [5, 5.41) is 34.4. The number of ketones is 1. The first kappa shape index (κ1) is 30.4. The van der Waals surface area contributed by atoms with Crippen molar-refractivity contribution in [3.05, 3.63) is 31.4 Å². The van der Waals surface area contributed by atoms with Crippen LogP contribution < -0.4 is 10.6 Å². The van der Waals surface area contributed by atoms with Gasteiger partial charge < -0.3 is 35.3 Å². The lowest BCUT2D eigenvalue weighted by Crippen LogP contribution is -2.52. The molecule has 0 bridgehead atoms.